The summed E-state index contributed by atoms with van der Waals surface area (Å²) in [6.45, 7) is 10.5. The zero-order valence-corrected chi connectivity index (χ0v) is 16.1. The number of amides is 2. The molecule has 0 unspecified atom stereocenters. The lowest BCUT2D eigenvalue weighted by atomic mass is 10.2. The van der Waals surface area contributed by atoms with Gasteiger partial charge in [-0.05, 0) is 31.9 Å². The van der Waals surface area contributed by atoms with Gasteiger partial charge in [0.15, 0.2) is 0 Å². The van der Waals surface area contributed by atoms with Crippen LogP contribution in [0.4, 0.5) is 10.6 Å². The average molecular weight is 362 g/mol. The van der Waals surface area contributed by atoms with Crippen LogP contribution in [0.25, 0.3) is 0 Å². The number of carbonyl (C=O) groups is 2. The number of hydrogen-bond donors (Lipinski definition) is 0. The van der Waals surface area contributed by atoms with Crippen molar-refractivity contribution in [3.8, 4) is 0 Å². The Labute approximate surface area is 155 Å². The normalized spacial score (nSPS) is 14.3. The maximum absolute atomic E-state index is 12.6. The zero-order chi connectivity index (χ0) is 18.9. The number of anilines is 1. The van der Waals surface area contributed by atoms with Gasteiger partial charge in [0.2, 0.25) is 0 Å². The van der Waals surface area contributed by atoms with Gasteiger partial charge in [-0.2, -0.15) is 0 Å². The highest BCUT2D eigenvalue weighted by atomic mass is 16.6. The van der Waals surface area contributed by atoms with Crippen LogP contribution in [0.2, 0.25) is 0 Å². The lowest BCUT2D eigenvalue weighted by molar-refractivity contribution is 0.0755. The van der Waals surface area contributed by atoms with E-state index in [2.05, 4.69) is 23.7 Å². The molecule has 1 aromatic rings. The monoisotopic (exact) mass is 362 g/mol. The summed E-state index contributed by atoms with van der Waals surface area (Å²) in [5.41, 5.74) is 0.626. The van der Waals surface area contributed by atoms with E-state index < -0.39 is 0 Å². The Balaban J connectivity index is 1.95. The molecule has 1 fully saturated rings. The number of rotatable bonds is 7. The number of nitrogens with zero attached hydrogens (tertiary/aromatic N) is 4. The first-order valence-electron chi connectivity index (χ1n) is 9.52. The van der Waals surface area contributed by atoms with Gasteiger partial charge in [-0.1, -0.05) is 13.8 Å². The Morgan fingerprint density at radius 2 is 1.73 bits per heavy atom. The number of ether oxygens (including phenoxy) is 1. The lowest BCUT2D eigenvalue weighted by Crippen LogP contribution is -2.49. The highest BCUT2D eigenvalue weighted by Crippen LogP contribution is 2.16. The third-order valence-electron chi connectivity index (χ3n) is 4.40. The molecule has 144 valence electrons. The molecule has 0 atom stereocenters. The van der Waals surface area contributed by atoms with E-state index in [1.165, 1.54) is 0 Å². The molecule has 2 amide bonds. The van der Waals surface area contributed by atoms with E-state index in [1.807, 2.05) is 24.0 Å². The summed E-state index contributed by atoms with van der Waals surface area (Å²) in [5, 5.41) is 0. The first-order chi connectivity index (χ1) is 12.6. The number of piperazine rings is 1. The minimum absolute atomic E-state index is 0.0416. The lowest BCUT2D eigenvalue weighted by Gasteiger charge is -2.34. The van der Waals surface area contributed by atoms with E-state index in [1.54, 1.807) is 11.1 Å². The summed E-state index contributed by atoms with van der Waals surface area (Å²) in [6, 6.07) is 3.74. The van der Waals surface area contributed by atoms with Crippen molar-refractivity contribution in [3.05, 3.63) is 23.9 Å². The van der Waals surface area contributed by atoms with Crippen molar-refractivity contribution in [2.45, 2.75) is 33.6 Å². The average Bonchev–Trinajstić information content (AvgIpc) is 2.68. The predicted molar refractivity (Wildman–Crippen MR) is 102 cm³/mol. The summed E-state index contributed by atoms with van der Waals surface area (Å²) in [5.74, 6) is 0.877. The Bertz CT molecular complexity index is 577. The summed E-state index contributed by atoms with van der Waals surface area (Å²) in [4.78, 5) is 34.6. The van der Waals surface area contributed by atoms with Crippen LogP contribution in [-0.2, 0) is 4.74 Å². The summed E-state index contributed by atoms with van der Waals surface area (Å²) in [7, 11) is 0. The number of pyridine rings is 1. The molecule has 7 heteroatoms. The van der Waals surface area contributed by atoms with Crippen LogP contribution in [-0.4, -0.2) is 72.7 Å². The van der Waals surface area contributed by atoms with Crippen molar-refractivity contribution in [2.75, 3.05) is 50.8 Å². The molecule has 26 heavy (non-hydrogen) atoms. The Morgan fingerprint density at radius 1 is 1.08 bits per heavy atom. The molecular weight excluding hydrogens is 332 g/mol. The third kappa shape index (κ3) is 5.09. The van der Waals surface area contributed by atoms with Gasteiger partial charge in [-0.25, -0.2) is 9.78 Å². The van der Waals surface area contributed by atoms with Crippen LogP contribution in [0, 0.1) is 0 Å². The smallest absolute Gasteiger partial charge is 0.409 e. The Morgan fingerprint density at radius 3 is 2.23 bits per heavy atom. The van der Waals surface area contributed by atoms with Crippen molar-refractivity contribution >= 4 is 17.8 Å². The Kier molecular flexibility index (Phi) is 7.69. The van der Waals surface area contributed by atoms with Crippen molar-refractivity contribution in [1.29, 1.82) is 0 Å². The minimum atomic E-state index is -0.256. The van der Waals surface area contributed by atoms with E-state index in [-0.39, 0.29) is 12.0 Å². The van der Waals surface area contributed by atoms with Gasteiger partial charge in [0.05, 0.1) is 12.2 Å². The molecule has 7 nitrogen and oxygen atoms in total. The van der Waals surface area contributed by atoms with Crippen LogP contribution < -0.4 is 4.90 Å². The van der Waals surface area contributed by atoms with Gasteiger partial charge in [0.1, 0.15) is 5.82 Å². The minimum Gasteiger partial charge on any atom is -0.450 e. The van der Waals surface area contributed by atoms with E-state index in [4.69, 9.17) is 4.74 Å². The van der Waals surface area contributed by atoms with E-state index in [0.29, 0.717) is 38.3 Å². The van der Waals surface area contributed by atoms with Crippen LogP contribution in [0.5, 0.6) is 0 Å². The first kappa shape index (κ1) is 20.0. The molecule has 2 heterocycles. The van der Waals surface area contributed by atoms with E-state index in [9.17, 15) is 9.59 Å². The summed E-state index contributed by atoms with van der Waals surface area (Å²) < 4.78 is 5.04. The highest BCUT2D eigenvalue weighted by molar-refractivity contribution is 5.94. The second kappa shape index (κ2) is 9.99. The first-order valence-corrected chi connectivity index (χ1v) is 9.52. The van der Waals surface area contributed by atoms with Crippen LogP contribution in [0.1, 0.15) is 44.0 Å². The molecule has 1 saturated heterocycles. The van der Waals surface area contributed by atoms with E-state index >= 15 is 0 Å². The van der Waals surface area contributed by atoms with Crippen molar-refractivity contribution in [2.24, 2.45) is 0 Å². The molecule has 0 aliphatic carbocycles. The molecule has 0 saturated carbocycles. The number of aromatic nitrogens is 1. The topological polar surface area (TPSA) is 66.0 Å². The van der Waals surface area contributed by atoms with Gasteiger partial charge >= 0.3 is 6.09 Å². The fourth-order valence-corrected chi connectivity index (χ4v) is 3.07. The largest absolute Gasteiger partial charge is 0.450 e. The molecular formula is C19H30N4O3. The fourth-order valence-electron chi connectivity index (χ4n) is 3.07. The van der Waals surface area contributed by atoms with Crippen LogP contribution >= 0.6 is 0 Å². The maximum atomic E-state index is 12.6. The van der Waals surface area contributed by atoms with Gasteiger partial charge in [0, 0.05) is 45.5 Å². The molecule has 0 bridgehead atoms. The molecule has 1 aliphatic heterocycles. The molecule has 0 spiro atoms. The fraction of sp³-hybridized carbons (Fsp3) is 0.632. The molecule has 0 N–H and O–H groups in total. The van der Waals surface area contributed by atoms with Gasteiger partial charge in [0.25, 0.3) is 5.91 Å². The molecule has 1 aliphatic rings. The van der Waals surface area contributed by atoms with Crippen molar-refractivity contribution < 1.29 is 14.3 Å². The standard InChI is InChI=1S/C19H30N4O3/c1-4-9-22(10-5-2)18(24)16-7-8-17(20-15-16)21-11-13-23(14-12-21)19(25)26-6-3/h7-8,15H,4-6,9-14H2,1-3H3. The van der Waals surface area contributed by atoms with E-state index in [0.717, 1.165) is 31.7 Å². The molecule has 0 aromatic carbocycles. The second-order valence-corrected chi connectivity index (χ2v) is 6.37. The quantitative estimate of drug-likeness (QED) is 0.746. The van der Waals surface area contributed by atoms with Crippen molar-refractivity contribution in [3.63, 3.8) is 0 Å². The highest BCUT2D eigenvalue weighted by Gasteiger charge is 2.23. The van der Waals surface area contributed by atoms with Crippen LogP contribution in [0.15, 0.2) is 18.3 Å². The van der Waals surface area contributed by atoms with Crippen LogP contribution in [0.3, 0.4) is 0 Å². The van der Waals surface area contributed by atoms with Crippen molar-refractivity contribution in [1.82, 2.24) is 14.8 Å². The maximum Gasteiger partial charge on any atom is 0.409 e. The summed E-state index contributed by atoms with van der Waals surface area (Å²) in [6.07, 6.45) is 3.30. The molecule has 1 aromatic heterocycles. The second-order valence-electron chi connectivity index (χ2n) is 6.37. The predicted octanol–water partition coefficient (Wildman–Crippen LogP) is 2.62. The van der Waals surface area contributed by atoms with Gasteiger partial charge in [-0.3, -0.25) is 4.79 Å². The zero-order valence-electron chi connectivity index (χ0n) is 16.1. The van der Waals surface area contributed by atoms with Gasteiger partial charge < -0.3 is 19.4 Å². The number of carbonyl (C=O) groups excluding carboxylic acids is 2. The SMILES string of the molecule is CCCN(CCC)C(=O)c1ccc(N2CCN(C(=O)OCC)CC2)nc1. The molecule has 2 rings (SSSR count). The Hall–Kier alpha value is -2.31. The summed E-state index contributed by atoms with van der Waals surface area (Å²) >= 11 is 0. The molecule has 0 radical (unpaired) electrons. The van der Waals surface area contributed by atoms with Gasteiger partial charge in [-0.15, -0.1) is 0 Å². The number of hydrogen-bond acceptors (Lipinski definition) is 5. The third-order valence-corrected chi connectivity index (χ3v) is 4.40.